The fraction of sp³-hybridized carbons (Fsp3) is 0.679. The van der Waals surface area contributed by atoms with Crippen LogP contribution in [0.2, 0.25) is 0 Å². The molecule has 0 saturated carbocycles. The van der Waals surface area contributed by atoms with E-state index in [1.54, 1.807) is 0 Å². The number of likely N-dealkylation sites (N-methyl/N-ethyl adjacent to an activating group) is 1. The lowest BCUT2D eigenvalue weighted by atomic mass is 10.0. The molecular weight excluding hydrogens is 846 g/mol. The van der Waals surface area contributed by atoms with E-state index in [0.29, 0.717) is 23.9 Å². The van der Waals surface area contributed by atoms with Gasteiger partial charge in [0.15, 0.2) is 6.10 Å². The van der Waals surface area contributed by atoms with E-state index >= 15 is 0 Å². The van der Waals surface area contributed by atoms with Gasteiger partial charge in [0.25, 0.3) is 0 Å². The lowest BCUT2D eigenvalue weighted by molar-refractivity contribution is -0.870. The van der Waals surface area contributed by atoms with Crippen molar-refractivity contribution in [3.63, 3.8) is 0 Å². The highest BCUT2D eigenvalue weighted by Gasteiger charge is 2.27. The first kappa shape index (κ1) is 62.9. The average molecular weight is 943 g/mol. The van der Waals surface area contributed by atoms with Crippen molar-refractivity contribution < 1.29 is 42.1 Å². The summed E-state index contributed by atoms with van der Waals surface area (Å²) in [5, 5.41) is 0. The number of nitrogens with zero attached hydrogens (tertiary/aromatic N) is 1. The first-order valence-corrected chi connectivity index (χ1v) is 27.5. The minimum atomic E-state index is -4.42. The van der Waals surface area contributed by atoms with Gasteiger partial charge in [-0.05, 0) is 83.5 Å². The molecule has 0 aliphatic carbocycles. The monoisotopic (exact) mass is 943 g/mol. The van der Waals surface area contributed by atoms with Gasteiger partial charge in [-0.15, -0.1) is 0 Å². The van der Waals surface area contributed by atoms with Crippen LogP contribution in [0.1, 0.15) is 194 Å². The third kappa shape index (κ3) is 50.3. The molecule has 0 rings (SSSR count). The molecule has 1 unspecified atom stereocenters. The van der Waals surface area contributed by atoms with E-state index in [9.17, 15) is 19.0 Å². The second-order valence-corrected chi connectivity index (χ2v) is 19.6. The summed E-state index contributed by atoms with van der Waals surface area (Å²) in [7, 11) is 1.40. The molecular formula is C56H97NO8P+. The third-order valence-corrected chi connectivity index (χ3v) is 11.6. The maximum absolute atomic E-state index is 12.7. The Morgan fingerprint density at radius 3 is 1.39 bits per heavy atom. The zero-order valence-electron chi connectivity index (χ0n) is 42.6. The Balaban J connectivity index is 4.41. The summed E-state index contributed by atoms with van der Waals surface area (Å²) in [6.07, 6.45) is 63.6. The van der Waals surface area contributed by atoms with E-state index in [2.05, 4.69) is 98.9 Å². The van der Waals surface area contributed by atoms with Crippen LogP contribution in [0.15, 0.2) is 97.2 Å². The summed E-state index contributed by atoms with van der Waals surface area (Å²) in [5.41, 5.74) is 0. The van der Waals surface area contributed by atoms with Crippen molar-refractivity contribution in [3.8, 4) is 0 Å². The summed E-state index contributed by atoms with van der Waals surface area (Å²) in [6, 6.07) is 0. The van der Waals surface area contributed by atoms with Gasteiger partial charge in [-0.25, -0.2) is 4.57 Å². The molecule has 0 aliphatic rings. The maximum atomic E-state index is 12.7. The van der Waals surface area contributed by atoms with Crippen molar-refractivity contribution in [3.05, 3.63) is 97.2 Å². The second kappa shape index (κ2) is 47.0. The van der Waals surface area contributed by atoms with Crippen LogP contribution in [0.4, 0.5) is 0 Å². The molecule has 0 radical (unpaired) electrons. The zero-order chi connectivity index (χ0) is 48.5. The summed E-state index contributed by atoms with van der Waals surface area (Å²) >= 11 is 0. The first-order chi connectivity index (χ1) is 32.0. The van der Waals surface area contributed by atoms with Gasteiger partial charge in [0, 0.05) is 12.8 Å². The quantitative estimate of drug-likeness (QED) is 0.0211. The summed E-state index contributed by atoms with van der Waals surface area (Å²) < 4.78 is 34.3. The normalized spacial score (nSPS) is 14.2. The fourth-order valence-corrected chi connectivity index (χ4v) is 7.33. The van der Waals surface area contributed by atoms with Crippen molar-refractivity contribution in [2.75, 3.05) is 47.5 Å². The zero-order valence-corrected chi connectivity index (χ0v) is 43.5. The van der Waals surface area contributed by atoms with Crippen molar-refractivity contribution in [2.45, 2.75) is 200 Å². The SMILES string of the molecule is CC/C=C/C/C=C/C/C=C/C/C=C/C/C=C/C/C=C/CCC(=O)O[C@H](COC(=O)CCC/C=C/CC/C=C/CCCCCCCCCCCCCCCC)COP(=O)(O)OCC[N+](C)(C)C. The molecule has 0 aliphatic heterocycles. The topological polar surface area (TPSA) is 108 Å². The Labute approximate surface area is 404 Å². The van der Waals surface area contributed by atoms with Crippen molar-refractivity contribution >= 4 is 19.8 Å². The van der Waals surface area contributed by atoms with Crippen LogP contribution in [-0.2, 0) is 32.7 Å². The highest BCUT2D eigenvalue weighted by molar-refractivity contribution is 7.47. The Morgan fingerprint density at radius 1 is 0.485 bits per heavy atom. The van der Waals surface area contributed by atoms with Crippen LogP contribution < -0.4 is 0 Å². The number of hydrogen-bond donors (Lipinski definition) is 1. The molecule has 10 heteroatoms. The van der Waals surface area contributed by atoms with Gasteiger partial charge >= 0.3 is 19.8 Å². The number of carbonyl (C=O) groups excluding carboxylic acids is 2. The van der Waals surface area contributed by atoms with E-state index in [4.69, 9.17) is 18.5 Å². The fourth-order valence-electron chi connectivity index (χ4n) is 6.59. The van der Waals surface area contributed by atoms with Crippen molar-refractivity contribution in [1.82, 2.24) is 0 Å². The average Bonchev–Trinajstić information content (AvgIpc) is 3.27. The van der Waals surface area contributed by atoms with Gasteiger partial charge in [0.1, 0.15) is 19.8 Å². The highest BCUT2D eigenvalue weighted by atomic mass is 31.2. The molecule has 0 bridgehead atoms. The predicted molar refractivity (Wildman–Crippen MR) is 279 cm³/mol. The van der Waals surface area contributed by atoms with Crippen LogP contribution in [0, 0.1) is 0 Å². The number of phosphoric ester groups is 1. The van der Waals surface area contributed by atoms with Crippen molar-refractivity contribution in [1.29, 1.82) is 0 Å². The van der Waals surface area contributed by atoms with E-state index in [1.807, 2.05) is 33.3 Å². The number of carbonyl (C=O) groups is 2. The molecule has 0 aromatic heterocycles. The van der Waals surface area contributed by atoms with Crippen LogP contribution in [0.3, 0.4) is 0 Å². The molecule has 0 saturated heterocycles. The Morgan fingerprint density at radius 2 is 0.909 bits per heavy atom. The molecule has 0 fully saturated rings. The third-order valence-electron chi connectivity index (χ3n) is 10.6. The number of hydrogen-bond acceptors (Lipinski definition) is 7. The molecule has 0 spiro atoms. The Bertz CT molecular complexity index is 1440. The van der Waals surface area contributed by atoms with Crippen molar-refractivity contribution in [2.24, 2.45) is 0 Å². The Hall–Kier alpha value is -3.07. The molecule has 378 valence electrons. The minimum Gasteiger partial charge on any atom is -0.462 e. The van der Waals surface area contributed by atoms with Gasteiger partial charge in [-0.1, -0.05) is 195 Å². The van der Waals surface area contributed by atoms with Crippen LogP contribution in [0.5, 0.6) is 0 Å². The number of ether oxygens (including phenoxy) is 2. The second-order valence-electron chi connectivity index (χ2n) is 18.2. The van der Waals surface area contributed by atoms with Gasteiger partial charge in [-0.2, -0.15) is 0 Å². The molecule has 2 atom stereocenters. The van der Waals surface area contributed by atoms with E-state index in [1.165, 1.54) is 89.9 Å². The summed E-state index contributed by atoms with van der Waals surface area (Å²) in [6.45, 7) is 4.18. The smallest absolute Gasteiger partial charge is 0.462 e. The minimum absolute atomic E-state index is 0.00733. The number of allylic oxidation sites excluding steroid dienone is 16. The van der Waals surface area contributed by atoms with Gasteiger partial charge < -0.3 is 18.9 Å². The maximum Gasteiger partial charge on any atom is 0.472 e. The molecule has 0 amide bonds. The number of quaternary nitrogens is 1. The highest BCUT2D eigenvalue weighted by Crippen LogP contribution is 2.43. The number of unbranched alkanes of at least 4 members (excludes halogenated alkanes) is 16. The predicted octanol–water partition coefficient (Wildman–Crippen LogP) is 15.7. The standard InChI is InChI=1S/C56H96NO8P/c1-6-8-10-12-14-16-18-20-22-24-26-27-28-29-31-32-34-36-38-40-42-44-46-48-55(58)62-52-54(53-64-66(60,61)63-51-50-57(3,4)5)65-56(59)49-47-45-43-41-39-37-35-33-30-25-23-21-19-17-15-13-11-9-7-2/h9,11,15,17,21,23,30,32-34,37,39-40,42-43,45,54H,6-8,10,12-14,16,18-20,22,24-29,31,35-36,38,41,44,46-53H2,1-5H3/p+1/b11-9+,17-15+,23-21+,33-30+,34-32+,39-37+,42-40+,45-43+/t54-/m1/s1. The van der Waals surface area contributed by atoms with Crippen LogP contribution in [0.25, 0.3) is 0 Å². The largest absolute Gasteiger partial charge is 0.472 e. The van der Waals surface area contributed by atoms with Gasteiger partial charge in [0.05, 0.1) is 27.7 Å². The van der Waals surface area contributed by atoms with Crippen LogP contribution in [-0.4, -0.2) is 74.9 Å². The number of rotatable bonds is 46. The van der Waals surface area contributed by atoms with Gasteiger partial charge in [0.2, 0.25) is 0 Å². The van der Waals surface area contributed by atoms with E-state index < -0.39 is 32.5 Å². The Kier molecular flexibility index (Phi) is 44.8. The summed E-state index contributed by atoms with van der Waals surface area (Å²) in [5.74, 6) is -0.951. The van der Waals surface area contributed by atoms with E-state index in [-0.39, 0.29) is 26.1 Å². The van der Waals surface area contributed by atoms with E-state index in [0.717, 1.165) is 64.2 Å². The lowest BCUT2D eigenvalue weighted by Gasteiger charge is -2.24. The number of esters is 2. The molecule has 66 heavy (non-hydrogen) atoms. The van der Waals surface area contributed by atoms with Crippen LogP contribution >= 0.6 is 7.82 Å². The molecule has 9 nitrogen and oxygen atoms in total. The molecule has 0 aromatic rings. The lowest BCUT2D eigenvalue weighted by Crippen LogP contribution is -2.37. The first-order valence-electron chi connectivity index (χ1n) is 26.0. The van der Waals surface area contributed by atoms with Gasteiger partial charge in [-0.3, -0.25) is 18.6 Å². The number of phosphoric acid groups is 1. The molecule has 1 N–H and O–H groups in total. The molecule has 0 heterocycles. The molecule has 0 aromatic carbocycles. The summed E-state index contributed by atoms with van der Waals surface area (Å²) in [4.78, 5) is 35.5.